The Morgan fingerprint density at radius 2 is 2.11 bits per heavy atom. The van der Waals surface area contributed by atoms with Crippen molar-refractivity contribution in [3.8, 4) is 0 Å². The van der Waals surface area contributed by atoms with Crippen molar-refractivity contribution in [2.75, 3.05) is 5.32 Å². The number of nitrogens with zero attached hydrogens (tertiary/aromatic N) is 2. The summed E-state index contributed by atoms with van der Waals surface area (Å²) >= 11 is 7.28. The van der Waals surface area contributed by atoms with Gasteiger partial charge in [0.1, 0.15) is 5.15 Å². The van der Waals surface area contributed by atoms with Crippen LogP contribution in [0.5, 0.6) is 0 Å². The van der Waals surface area contributed by atoms with Crippen LogP contribution in [0.25, 0.3) is 10.1 Å². The largest absolute Gasteiger partial charge is 0.290 e. The van der Waals surface area contributed by atoms with Gasteiger partial charge in [-0.2, -0.15) is 0 Å². The zero-order valence-electron chi connectivity index (χ0n) is 9.63. The number of aromatic nitrogens is 2. The molecule has 0 spiro atoms. The fourth-order valence-corrected chi connectivity index (χ4v) is 2.80. The third-order valence-corrected chi connectivity index (χ3v) is 3.75. The predicted molar refractivity (Wildman–Crippen MR) is 76.8 cm³/mol. The van der Waals surface area contributed by atoms with E-state index in [0.29, 0.717) is 10.7 Å². The molecular weight excluding hydrogens is 282 g/mol. The fourth-order valence-electron chi connectivity index (χ4n) is 1.72. The Morgan fingerprint density at radius 1 is 1.26 bits per heavy atom. The lowest BCUT2D eigenvalue weighted by Gasteiger charge is -2.02. The molecule has 1 amide bonds. The summed E-state index contributed by atoms with van der Waals surface area (Å²) in [7, 11) is 0. The molecule has 3 aromatic rings. The summed E-state index contributed by atoms with van der Waals surface area (Å²) < 4.78 is 1.07. The topological polar surface area (TPSA) is 54.9 Å². The van der Waals surface area contributed by atoms with E-state index in [2.05, 4.69) is 15.3 Å². The number of carbonyl (C=O) groups excluding carboxylic acids is 1. The maximum atomic E-state index is 12.2. The van der Waals surface area contributed by atoms with Gasteiger partial charge in [-0.3, -0.25) is 10.1 Å². The van der Waals surface area contributed by atoms with E-state index >= 15 is 0 Å². The highest BCUT2D eigenvalue weighted by atomic mass is 35.5. The molecule has 0 aliphatic carbocycles. The SMILES string of the molecule is O=C(Nc1nccc(Cl)n1)c1csc2ccccc12. The Labute approximate surface area is 118 Å². The van der Waals surface area contributed by atoms with Gasteiger partial charge in [0, 0.05) is 21.7 Å². The predicted octanol–water partition coefficient (Wildman–Crippen LogP) is 3.60. The van der Waals surface area contributed by atoms with Crippen LogP contribution in [0.3, 0.4) is 0 Å². The molecule has 6 heteroatoms. The number of halogens is 1. The smallest absolute Gasteiger partial charge is 0.259 e. The van der Waals surface area contributed by atoms with Gasteiger partial charge in [-0.1, -0.05) is 29.8 Å². The summed E-state index contributed by atoms with van der Waals surface area (Å²) in [5, 5.41) is 5.68. The first-order chi connectivity index (χ1) is 9.24. The first kappa shape index (κ1) is 12.1. The summed E-state index contributed by atoms with van der Waals surface area (Å²) in [5.74, 6) is -0.0347. The van der Waals surface area contributed by atoms with Gasteiger partial charge in [0.25, 0.3) is 5.91 Å². The monoisotopic (exact) mass is 289 g/mol. The molecule has 1 aromatic carbocycles. The van der Waals surface area contributed by atoms with Gasteiger partial charge in [-0.25, -0.2) is 9.97 Å². The van der Waals surface area contributed by atoms with Crippen LogP contribution in [-0.2, 0) is 0 Å². The average Bonchev–Trinajstić information content (AvgIpc) is 2.82. The number of benzene rings is 1. The van der Waals surface area contributed by atoms with Crippen LogP contribution in [0, 0.1) is 0 Å². The Kier molecular flexibility index (Phi) is 3.15. The summed E-state index contributed by atoms with van der Waals surface area (Å²) in [5.41, 5.74) is 0.615. The highest BCUT2D eigenvalue weighted by Crippen LogP contribution is 2.26. The fraction of sp³-hybridized carbons (Fsp3) is 0. The Bertz CT molecular complexity index is 756. The first-order valence-corrected chi connectivity index (χ1v) is 6.76. The molecule has 2 heterocycles. The number of amides is 1. The molecule has 0 unspecified atom stereocenters. The number of rotatable bonds is 2. The zero-order chi connectivity index (χ0) is 13.2. The number of nitrogens with one attached hydrogen (secondary N) is 1. The van der Waals surface area contributed by atoms with E-state index < -0.39 is 0 Å². The molecule has 2 aromatic heterocycles. The maximum absolute atomic E-state index is 12.2. The molecule has 0 radical (unpaired) electrons. The summed E-state index contributed by atoms with van der Waals surface area (Å²) in [4.78, 5) is 20.0. The average molecular weight is 290 g/mol. The minimum Gasteiger partial charge on any atom is -0.290 e. The highest BCUT2D eigenvalue weighted by Gasteiger charge is 2.13. The number of fused-ring (bicyclic) bond motifs is 1. The van der Waals surface area contributed by atoms with Crippen molar-refractivity contribution in [3.63, 3.8) is 0 Å². The second-order valence-electron chi connectivity index (χ2n) is 3.80. The standard InChI is InChI=1S/C13H8ClN3OS/c14-11-5-6-15-13(16-11)17-12(18)9-7-19-10-4-2-1-3-8(9)10/h1-7H,(H,15,16,17,18). The molecule has 0 aliphatic rings. The van der Waals surface area contributed by atoms with Crippen LogP contribution in [0.1, 0.15) is 10.4 Å². The van der Waals surface area contributed by atoms with Crippen molar-refractivity contribution in [3.05, 3.63) is 52.6 Å². The van der Waals surface area contributed by atoms with Crippen molar-refractivity contribution in [1.82, 2.24) is 9.97 Å². The van der Waals surface area contributed by atoms with Gasteiger partial charge in [0.05, 0.1) is 5.56 Å². The molecule has 0 fully saturated rings. The van der Waals surface area contributed by atoms with Crippen LogP contribution >= 0.6 is 22.9 Å². The molecule has 19 heavy (non-hydrogen) atoms. The molecule has 0 aliphatic heterocycles. The van der Waals surface area contributed by atoms with Crippen molar-refractivity contribution < 1.29 is 4.79 Å². The van der Waals surface area contributed by atoms with E-state index in [4.69, 9.17) is 11.6 Å². The number of anilines is 1. The minimum atomic E-state index is -0.236. The molecule has 0 atom stereocenters. The van der Waals surface area contributed by atoms with E-state index in [-0.39, 0.29) is 11.9 Å². The molecular formula is C13H8ClN3OS. The highest BCUT2D eigenvalue weighted by molar-refractivity contribution is 7.17. The number of carbonyl (C=O) groups is 1. The van der Waals surface area contributed by atoms with Crippen LogP contribution in [0.2, 0.25) is 5.15 Å². The van der Waals surface area contributed by atoms with Gasteiger partial charge in [-0.05, 0) is 12.1 Å². The van der Waals surface area contributed by atoms with E-state index in [1.165, 1.54) is 17.5 Å². The molecule has 3 rings (SSSR count). The molecule has 0 bridgehead atoms. The lowest BCUT2D eigenvalue weighted by Crippen LogP contribution is -2.13. The van der Waals surface area contributed by atoms with E-state index in [9.17, 15) is 4.79 Å². The lowest BCUT2D eigenvalue weighted by molar-refractivity contribution is 0.102. The van der Waals surface area contributed by atoms with Crippen molar-refractivity contribution >= 4 is 44.9 Å². The molecule has 4 nitrogen and oxygen atoms in total. The first-order valence-electron chi connectivity index (χ1n) is 5.50. The van der Waals surface area contributed by atoms with Crippen LogP contribution < -0.4 is 5.32 Å². The van der Waals surface area contributed by atoms with Gasteiger partial charge in [0.15, 0.2) is 0 Å². The maximum Gasteiger partial charge on any atom is 0.259 e. The quantitative estimate of drug-likeness (QED) is 0.733. The van der Waals surface area contributed by atoms with Crippen molar-refractivity contribution in [2.24, 2.45) is 0 Å². The van der Waals surface area contributed by atoms with Gasteiger partial charge in [0.2, 0.25) is 5.95 Å². The lowest BCUT2D eigenvalue weighted by atomic mass is 10.2. The minimum absolute atomic E-state index is 0.202. The summed E-state index contributed by atoms with van der Waals surface area (Å²) in [6, 6.07) is 9.30. The van der Waals surface area contributed by atoms with E-state index in [0.717, 1.165) is 10.1 Å². The van der Waals surface area contributed by atoms with Gasteiger partial charge in [-0.15, -0.1) is 11.3 Å². The number of thiophene rings is 1. The number of hydrogen-bond donors (Lipinski definition) is 1. The molecule has 94 valence electrons. The second-order valence-corrected chi connectivity index (χ2v) is 5.10. The van der Waals surface area contributed by atoms with Crippen LogP contribution in [-0.4, -0.2) is 15.9 Å². The molecule has 0 saturated heterocycles. The van der Waals surface area contributed by atoms with E-state index in [1.54, 1.807) is 6.07 Å². The third-order valence-electron chi connectivity index (χ3n) is 2.57. The molecule has 1 N–H and O–H groups in total. The second kappa shape index (κ2) is 4.95. The number of hydrogen-bond acceptors (Lipinski definition) is 4. The third kappa shape index (κ3) is 2.43. The van der Waals surface area contributed by atoms with Gasteiger partial charge >= 0.3 is 0 Å². The van der Waals surface area contributed by atoms with Crippen LogP contribution in [0.4, 0.5) is 5.95 Å². The normalized spacial score (nSPS) is 10.6. The van der Waals surface area contributed by atoms with E-state index in [1.807, 2.05) is 29.6 Å². The summed E-state index contributed by atoms with van der Waals surface area (Å²) in [6.45, 7) is 0. The van der Waals surface area contributed by atoms with Crippen molar-refractivity contribution in [1.29, 1.82) is 0 Å². The Morgan fingerprint density at radius 3 is 2.95 bits per heavy atom. The van der Waals surface area contributed by atoms with Gasteiger partial charge < -0.3 is 0 Å². The Balaban J connectivity index is 1.92. The zero-order valence-corrected chi connectivity index (χ0v) is 11.2. The Hall–Kier alpha value is -1.98. The summed E-state index contributed by atoms with van der Waals surface area (Å²) in [6.07, 6.45) is 1.50. The van der Waals surface area contributed by atoms with Crippen molar-refractivity contribution in [2.45, 2.75) is 0 Å². The van der Waals surface area contributed by atoms with Crippen LogP contribution in [0.15, 0.2) is 41.9 Å². The molecule has 0 saturated carbocycles.